The average molecular weight is 141 g/mol. The summed E-state index contributed by atoms with van der Waals surface area (Å²) in [7, 11) is 0. The molecule has 0 saturated carbocycles. The molecule has 1 unspecified atom stereocenters. The lowest BCUT2D eigenvalue weighted by molar-refractivity contribution is 0.187. The topological polar surface area (TPSA) is 32.3 Å². The van der Waals surface area contributed by atoms with E-state index in [1.54, 1.807) is 6.92 Å². The molecule has 0 radical (unpaired) electrons. The first-order valence-corrected chi connectivity index (χ1v) is 3.51. The van der Waals surface area contributed by atoms with Gasteiger partial charge in [0, 0.05) is 19.0 Å². The van der Waals surface area contributed by atoms with Crippen molar-refractivity contribution in [3.63, 3.8) is 0 Å². The maximum atomic E-state index is 8.86. The van der Waals surface area contributed by atoms with Crippen LogP contribution in [0.15, 0.2) is 0 Å². The molecular formula is C8H15NO. The molecule has 0 aliphatic rings. The molecule has 58 valence electrons. The monoisotopic (exact) mass is 141 g/mol. The molecule has 0 aliphatic carbocycles. The van der Waals surface area contributed by atoms with Crippen molar-refractivity contribution in [2.75, 3.05) is 6.54 Å². The molecule has 0 saturated heterocycles. The van der Waals surface area contributed by atoms with Crippen LogP contribution in [0.25, 0.3) is 0 Å². The van der Waals surface area contributed by atoms with E-state index in [4.69, 9.17) is 11.5 Å². The SMILES string of the molecule is C#CCC(C)NC[C@H](C)O. The van der Waals surface area contributed by atoms with E-state index in [9.17, 15) is 0 Å². The van der Waals surface area contributed by atoms with E-state index in [1.807, 2.05) is 6.92 Å². The Labute approximate surface area is 62.6 Å². The summed E-state index contributed by atoms with van der Waals surface area (Å²) in [5.74, 6) is 2.55. The van der Waals surface area contributed by atoms with E-state index in [0.29, 0.717) is 19.0 Å². The Morgan fingerprint density at radius 2 is 2.20 bits per heavy atom. The number of aliphatic hydroxyl groups excluding tert-OH is 1. The van der Waals surface area contributed by atoms with Gasteiger partial charge in [-0.15, -0.1) is 12.3 Å². The van der Waals surface area contributed by atoms with Crippen LogP contribution in [0, 0.1) is 12.3 Å². The van der Waals surface area contributed by atoms with Gasteiger partial charge < -0.3 is 10.4 Å². The first kappa shape index (κ1) is 9.48. The molecule has 10 heavy (non-hydrogen) atoms. The van der Waals surface area contributed by atoms with Crippen molar-refractivity contribution >= 4 is 0 Å². The third-order valence-corrected chi connectivity index (χ3v) is 1.19. The molecule has 0 aromatic carbocycles. The van der Waals surface area contributed by atoms with Crippen molar-refractivity contribution in [1.82, 2.24) is 5.32 Å². The molecule has 0 bridgehead atoms. The molecule has 2 N–H and O–H groups in total. The molecule has 2 nitrogen and oxygen atoms in total. The Kier molecular flexibility index (Phi) is 5.00. The minimum Gasteiger partial charge on any atom is -0.392 e. The minimum atomic E-state index is -0.291. The van der Waals surface area contributed by atoms with Crippen molar-refractivity contribution < 1.29 is 5.11 Å². The lowest BCUT2D eigenvalue weighted by Crippen LogP contribution is -2.32. The van der Waals surface area contributed by atoms with Crippen molar-refractivity contribution in [1.29, 1.82) is 0 Å². The van der Waals surface area contributed by atoms with E-state index >= 15 is 0 Å². The second-order valence-corrected chi connectivity index (χ2v) is 2.57. The second kappa shape index (κ2) is 5.28. The van der Waals surface area contributed by atoms with Gasteiger partial charge in [-0.25, -0.2) is 0 Å². The maximum absolute atomic E-state index is 8.86. The molecule has 0 fully saturated rings. The van der Waals surface area contributed by atoms with E-state index < -0.39 is 0 Å². The van der Waals surface area contributed by atoms with Gasteiger partial charge in [0.05, 0.1) is 6.10 Å². The highest BCUT2D eigenvalue weighted by molar-refractivity contribution is 4.88. The summed E-state index contributed by atoms with van der Waals surface area (Å²) in [5.41, 5.74) is 0. The highest BCUT2D eigenvalue weighted by Crippen LogP contribution is 1.87. The smallest absolute Gasteiger partial charge is 0.0636 e. The molecule has 2 heteroatoms. The fourth-order valence-electron chi connectivity index (χ4n) is 0.621. The van der Waals surface area contributed by atoms with Gasteiger partial charge in [0.15, 0.2) is 0 Å². The molecule has 0 amide bonds. The zero-order valence-electron chi connectivity index (χ0n) is 6.59. The third-order valence-electron chi connectivity index (χ3n) is 1.19. The fourth-order valence-corrected chi connectivity index (χ4v) is 0.621. The Morgan fingerprint density at radius 3 is 2.60 bits per heavy atom. The summed E-state index contributed by atoms with van der Waals surface area (Å²) in [6.45, 7) is 4.36. The molecule has 0 aromatic rings. The standard InChI is InChI=1S/C8H15NO/c1-4-5-7(2)9-6-8(3)10/h1,7-10H,5-6H2,2-3H3/t7?,8-/m0/s1. The van der Waals surface area contributed by atoms with Crippen LogP contribution < -0.4 is 5.32 Å². The zero-order valence-corrected chi connectivity index (χ0v) is 6.59. The molecule has 0 spiro atoms. The van der Waals surface area contributed by atoms with Gasteiger partial charge >= 0.3 is 0 Å². The van der Waals surface area contributed by atoms with E-state index in [0.717, 1.165) is 0 Å². The summed E-state index contributed by atoms with van der Waals surface area (Å²) < 4.78 is 0. The van der Waals surface area contributed by atoms with Crippen molar-refractivity contribution in [3.8, 4) is 12.3 Å². The number of aliphatic hydroxyl groups is 1. The predicted molar refractivity (Wildman–Crippen MR) is 42.6 cm³/mol. The number of rotatable bonds is 4. The zero-order chi connectivity index (χ0) is 7.98. The van der Waals surface area contributed by atoms with Crippen LogP contribution in [0.4, 0.5) is 0 Å². The number of hydrogen-bond acceptors (Lipinski definition) is 2. The minimum absolute atomic E-state index is 0.291. The molecule has 0 aliphatic heterocycles. The lowest BCUT2D eigenvalue weighted by atomic mass is 10.2. The van der Waals surface area contributed by atoms with Gasteiger partial charge in [-0.05, 0) is 13.8 Å². The highest BCUT2D eigenvalue weighted by atomic mass is 16.3. The van der Waals surface area contributed by atoms with Crippen LogP contribution in [0.5, 0.6) is 0 Å². The normalized spacial score (nSPS) is 15.8. The molecule has 0 aromatic heterocycles. The van der Waals surface area contributed by atoms with Gasteiger partial charge in [0.25, 0.3) is 0 Å². The van der Waals surface area contributed by atoms with Crippen LogP contribution >= 0.6 is 0 Å². The quantitative estimate of drug-likeness (QED) is 0.554. The van der Waals surface area contributed by atoms with Crippen molar-refractivity contribution in [2.24, 2.45) is 0 Å². The third kappa shape index (κ3) is 5.61. The lowest BCUT2D eigenvalue weighted by Gasteiger charge is -2.11. The molecule has 0 rings (SSSR count). The summed E-state index contributed by atoms with van der Waals surface area (Å²) >= 11 is 0. The van der Waals surface area contributed by atoms with E-state index in [-0.39, 0.29) is 6.10 Å². The largest absolute Gasteiger partial charge is 0.392 e. The Hall–Kier alpha value is -0.520. The van der Waals surface area contributed by atoms with Gasteiger partial charge in [-0.2, -0.15) is 0 Å². The van der Waals surface area contributed by atoms with Crippen molar-refractivity contribution in [2.45, 2.75) is 32.4 Å². The van der Waals surface area contributed by atoms with Crippen molar-refractivity contribution in [3.05, 3.63) is 0 Å². The van der Waals surface area contributed by atoms with Crippen LogP contribution in [0.1, 0.15) is 20.3 Å². The van der Waals surface area contributed by atoms with Gasteiger partial charge in [0.2, 0.25) is 0 Å². The highest BCUT2D eigenvalue weighted by Gasteiger charge is 1.99. The average Bonchev–Trinajstić information content (AvgIpc) is 1.85. The first-order chi connectivity index (χ1) is 4.66. The number of terminal acetylenes is 1. The van der Waals surface area contributed by atoms with Gasteiger partial charge in [-0.3, -0.25) is 0 Å². The molecular weight excluding hydrogens is 126 g/mol. The maximum Gasteiger partial charge on any atom is 0.0636 e. The summed E-state index contributed by atoms with van der Waals surface area (Å²) in [5, 5.41) is 11.9. The fraction of sp³-hybridized carbons (Fsp3) is 0.750. The van der Waals surface area contributed by atoms with Crippen LogP contribution in [-0.2, 0) is 0 Å². The Balaban J connectivity index is 3.23. The van der Waals surface area contributed by atoms with Gasteiger partial charge in [-0.1, -0.05) is 0 Å². The van der Waals surface area contributed by atoms with Crippen LogP contribution in [-0.4, -0.2) is 23.8 Å². The second-order valence-electron chi connectivity index (χ2n) is 2.57. The van der Waals surface area contributed by atoms with E-state index in [1.165, 1.54) is 0 Å². The number of nitrogens with one attached hydrogen (secondary N) is 1. The Bertz CT molecular complexity index is 115. The summed E-state index contributed by atoms with van der Waals surface area (Å²) in [6, 6.07) is 0.305. The predicted octanol–water partition coefficient (Wildman–Crippen LogP) is 0.369. The van der Waals surface area contributed by atoms with Gasteiger partial charge in [0.1, 0.15) is 0 Å². The summed E-state index contributed by atoms with van der Waals surface area (Å²) in [4.78, 5) is 0. The Morgan fingerprint density at radius 1 is 1.60 bits per heavy atom. The summed E-state index contributed by atoms with van der Waals surface area (Å²) in [6.07, 6.45) is 5.51. The van der Waals surface area contributed by atoms with E-state index in [2.05, 4.69) is 11.2 Å². The molecule has 0 heterocycles. The first-order valence-electron chi connectivity index (χ1n) is 3.51. The van der Waals surface area contributed by atoms with Crippen LogP contribution in [0.3, 0.4) is 0 Å². The molecule has 2 atom stereocenters. The van der Waals surface area contributed by atoms with Crippen LogP contribution in [0.2, 0.25) is 0 Å². The number of hydrogen-bond donors (Lipinski definition) is 2.